The van der Waals surface area contributed by atoms with Crippen LogP contribution in [-0.2, 0) is 0 Å². The van der Waals surface area contributed by atoms with Crippen molar-refractivity contribution in [3.63, 3.8) is 0 Å². The average Bonchev–Trinajstić information content (AvgIpc) is 2.81. The van der Waals surface area contributed by atoms with Gasteiger partial charge >= 0.3 is 0 Å². The molecule has 0 fully saturated rings. The number of amidine groups is 1. The zero-order valence-electron chi connectivity index (χ0n) is 18.5. The lowest BCUT2D eigenvalue weighted by molar-refractivity contribution is 0.296. The second-order valence-corrected chi connectivity index (χ2v) is 8.34. The molecule has 9 heteroatoms. The second kappa shape index (κ2) is 11.2. The number of hydrogen-bond acceptors (Lipinski definition) is 6. The second-order valence-electron chi connectivity index (χ2n) is 7.35. The molecule has 1 unspecified atom stereocenters. The summed E-state index contributed by atoms with van der Waals surface area (Å²) in [6, 6.07) is 4.43. The molecule has 6 nitrogen and oxygen atoms in total. The van der Waals surface area contributed by atoms with Gasteiger partial charge in [-0.2, -0.15) is 16.2 Å². The van der Waals surface area contributed by atoms with Gasteiger partial charge in [-0.15, -0.1) is 0 Å². The number of nitrogens with zero attached hydrogens (tertiary/aromatic N) is 5. The number of anilines is 1. The largest absolute Gasteiger partial charge is 0.490 e. The van der Waals surface area contributed by atoms with Gasteiger partial charge in [-0.1, -0.05) is 0 Å². The lowest BCUT2D eigenvalue weighted by atomic mass is 9.98. The third-order valence-corrected chi connectivity index (χ3v) is 6.05. The zero-order valence-corrected chi connectivity index (χ0v) is 19.3. The Morgan fingerprint density at radius 2 is 2.06 bits per heavy atom. The van der Waals surface area contributed by atoms with Gasteiger partial charge in [-0.3, -0.25) is 0 Å². The summed E-state index contributed by atoms with van der Waals surface area (Å²) in [5.41, 5.74) is 2.44. The molecule has 2 aromatic rings. The number of aliphatic imine (C=N–C) groups is 2. The normalized spacial score (nSPS) is 17.0. The van der Waals surface area contributed by atoms with E-state index >= 15 is 0 Å². The number of aromatic nitrogens is 2. The van der Waals surface area contributed by atoms with E-state index in [1.54, 1.807) is 36.3 Å². The van der Waals surface area contributed by atoms with E-state index in [-0.39, 0.29) is 11.8 Å². The highest BCUT2D eigenvalue weighted by Gasteiger charge is 2.26. The molecule has 0 radical (unpaired) electrons. The summed E-state index contributed by atoms with van der Waals surface area (Å²) in [6.07, 6.45) is 6.61. The fraction of sp³-hybridized carbons (Fsp3) is 0.391. The van der Waals surface area contributed by atoms with Gasteiger partial charge in [0.1, 0.15) is 0 Å². The van der Waals surface area contributed by atoms with E-state index in [9.17, 15) is 8.78 Å². The standard InChI is InChI=1S/C23H27F2N5OS/c1-15-16(2)30(10-7-19(15)29-22(26-3)23-27-8-5-9-28-23)17-13-18(24)21(25)20(14-17)31-11-6-12-32-4/h5,8-9,13-14,16H,3,6-7,10-12H2,1-2,4H3/b29-22-. The summed E-state index contributed by atoms with van der Waals surface area (Å²) in [4.78, 5) is 19.0. The van der Waals surface area contributed by atoms with Crippen molar-refractivity contribution in [3.05, 3.63) is 59.3 Å². The number of ether oxygens (including phenoxy) is 1. The quantitative estimate of drug-likeness (QED) is 0.319. The van der Waals surface area contributed by atoms with Crippen molar-refractivity contribution in [3.8, 4) is 5.75 Å². The van der Waals surface area contributed by atoms with E-state index in [1.807, 2.05) is 25.0 Å². The highest BCUT2D eigenvalue weighted by Crippen LogP contribution is 2.34. The van der Waals surface area contributed by atoms with Crippen LogP contribution < -0.4 is 9.64 Å². The molecule has 0 aliphatic carbocycles. The van der Waals surface area contributed by atoms with Gasteiger partial charge in [0.25, 0.3) is 0 Å². The Morgan fingerprint density at radius 1 is 1.31 bits per heavy atom. The fourth-order valence-corrected chi connectivity index (χ4v) is 3.90. The summed E-state index contributed by atoms with van der Waals surface area (Å²) in [6.45, 7) is 8.48. The predicted molar refractivity (Wildman–Crippen MR) is 127 cm³/mol. The van der Waals surface area contributed by atoms with Crippen LogP contribution in [0.1, 0.15) is 32.5 Å². The monoisotopic (exact) mass is 459 g/mol. The molecule has 1 aliphatic rings. The zero-order chi connectivity index (χ0) is 23.1. The molecule has 1 atom stereocenters. The minimum absolute atomic E-state index is 0.0573. The van der Waals surface area contributed by atoms with Crippen molar-refractivity contribution in [2.75, 3.05) is 30.1 Å². The van der Waals surface area contributed by atoms with Crippen molar-refractivity contribution in [2.24, 2.45) is 9.98 Å². The molecule has 1 aromatic carbocycles. The molecule has 32 heavy (non-hydrogen) atoms. The Labute approximate surface area is 191 Å². The summed E-state index contributed by atoms with van der Waals surface area (Å²) < 4.78 is 34.1. The predicted octanol–water partition coefficient (Wildman–Crippen LogP) is 4.91. The molecule has 3 rings (SSSR count). The fourth-order valence-electron chi connectivity index (χ4n) is 3.49. The Balaban J connectivity index is 1.85. The number of rotatable bonds is 8. The number of benzene rings is 1. The number of thioether (sulfide) groups is 1. The first-order chi connectivity index (χ1) is 15.5. The third-order valence-electron chi connectivity index (χ3n) is 5.36. The third kappa shape index (κ3) is 5.51. The highest BCUT2D eigenvalue weighted by molar-refractivity contribution is 7.98. The van der Waals surface area contributed by atoms with Gasteiger partial charge in [0.15, 0.2) is 23.2 Å². The van der Waals surface area contributed by atoms with Gasteiger partial charge in [-0.25, -0.2) is 24.3 Å². The van der Waals surface area contributed by atoms with Gasteiger partial charge in [0.2, 0.25) is 5.82 Å². The van der Waals surface area contributed by atoms with Crippen LogP contribution in [-0.4, -0.2) is 53.7 Å². The van der Waals surface area contributed by atoms with Crippen molar-refractivity contribution >= 4 is 30.0 Å². The maximum Gasteiger partial charge on any atom is 0.200 e. The van der Waals surface area contributed by atoms with Crippen molar-refractivity contribution in [1.82, 2.24) is 9.97 Å². The molecule has 0 saturated heterocycles. The van der Waals surface area contributed by atoms with E-state index in [1.165, 1.54) is 6.07 Å². The Bertz CT molecular complexity index is 1010. The topological polar surface area (TPSA) is 63.0 Å². The van der Waals surface area contributed by atoms with Crippen molar-refractivity contribution in [2.45, 2.75) is 32.7 Å². The van der Waals surface area contributed by atoms with Gasteiger partial charge in [0, 0.05) is 54.9 Å². The van der Waals surface area contributed by atoms with E-state index in [0.717, 1.165) is 23.4 Å². The summed E-state index contributed by atoms with van der Waals surface area (Å²) in [7, 11) is 0. The van der Waals surface area contributed by atoms with Crippen LogP contribution in [0.15, 0.2) is 51.8 Å². The lowest BCUT2D eigenvalue weighted by Crippen LogP contribution is -2.39. The Hall–Kier alpha value is -2.81. The molecule has 0 saturated carbocycles. The number of hydrogen-bond donors (Lipinski definition) is 0. The molecule has 0 amide bonds. The van der Waals surface area contributed by atoms with E-state index in [4.69, 9.17) is 4.74 Å². The summed E-state index contributed by atoms with van der Waals surface area (Å²) in [5.74, 6) is -0.270. The minimum Gasteiger partial charge on any atom is -0.490 e. The molecule has 0 spiro atoms. The first-order valence-electron chi connectivity index (χ1n) is 10.4. The lowest BCUT2D eigenvalue weighted by Gasteiger charge is -2.37. The molecule has 2 heterocycles. The molecule has 0 N–H and O–H groups in total. The first kappa shape index (κ1) is 23.8. The number of halogens is 2. The van der Waals surface area contributed by atoms with Crippen LogP contribution in [0.5, 0.6) is 5.75 Å². The molecule has 1 aromatic heterocycles. The van der Waals surface area contributed by atoms with E-state index < -0.39 is 11.6 Å². The molecule has 1 aliphatic heterocycles. The maximum absolute atomic E-state index is 14.3. The average molecular weight is 460 g/mol. The maximum atomic E-state index is 14.3. The SMILES string of the molecule is C=N/C(=N\C1=C(C)C(C)N(c2cc(F)c(F)c(OCCCSC)c2)CC1)c1ncccn1. The van der Waals surface area contributed by atoms with Gasteiger partial charge < -0.3 is 9.64 Å². The van der Waals surface area contributed by atoms with Crippen LogP contribution in [0.25, 0.3) is 0 Å². The smallest absolute Gasteiger partial charge is 0.200 e. The van der Waals surface area contributed by atoms with Crippen molar-refractivity contribution < 1.29 is 13.5 Å². The Kier molecular flexibility index (Phi) is 8.33. The minimum atomic E-state index is -0.954. The van der Waals surface area contributed by atoms with Crippen LogP contribution in [0.2, 0.25) is 0 Å². The first-order valence-corrected chi connectivity index (χ1v) is 11.8. The van der Waals surface area contributed by atoms with Crippen LogP contribution in [0, 0.1) is 11.6 Å². The highest BCUT2D eigenvalue weighted by atomic mass is 32.2. The van der Waals surface area contributed by atoms with Gasteiger partial charge in [-0.05, 0) is 50.6 Å². The Morgan fingerprint density at radius 3 is 2.75 bits per heavy atom. The van der Waals surface area contributed by atoms with Crippen LogP contribution in [0.4, 0.5) is 14.5 Å². The molecule has 170 valence electrons. The van der Waals surface area contributed by atoms with E-state index in [0.29, 0.717) is 36.9 Å². The molecular formula is C23H27F2N5OS. The molecule has 0 bridgehead atoms. The van der Waals surface area contributed by atoms with Gasteiger partial charge in [0.05, 0.1) is 6.61 Å². The van der Waals surface area contributed by atoms with Crippen molar-refractivity contribution in [1.29, 1.82) is 0 Å². The molecular weight excluding hydrogens is 432 g/mol. The van der Waals surface area contributed by atoms with Crippen LogP contribution in [0.3, 0.4) is 0 Å². The summed E-state index contributed by atoms with van der Waals surface area (Å²) >= 11 is 1.68. The van der Waals surface area contributed by atoms with Crippen LogP contribution >= 0.6 is 11.8 Å². The summed E-state index contributed by atoms with van der Waals surface area (Å²) in [5, 5.41) is 0. The van der Waals surface area contributed by atoms with E-state index in [2.05, 4.69) is 26.7 Å².